The van der Waals surface area contributed by atoms with E-state index in [1.807, 2.05) is 0 Å². The van der Waals surface area contributed by atoms with Gasteiger partial charge in [0.1, 0.15) is 5.56 Å². The van der Waals surface area contributed by atoms with Crippen molar-refractivity contribution < 1.29 is 14.5 Å². The van der Waals surface area contributed by atoms with Gasteiger partial charge in [0.05, 0.1) is 12.0 Å². The van der Waals surface area contributed by atoms with E-state index in [9.17, 15) is 14.9 Å². The standard InChI is InChI=1S/C13H17N3O4/c1-20-13(17)11-9-10(3-4-12(11)16(18)19)15-7-2-5-14-6-8-15/h3-4,9,14H,2,5-8H2,1H3. The lowest BCUT2D eigenvalue weighted by Gasteiger charge is -2.22. The highest BCUT2D eigenvalue weighted by Gasteiger charge is 2.22. The molecule has 108 valence electrons. The Kier molecular flexibility index (Phi) is 4.52. The summed E-state index contributed by atoms with van der Waals surface area (Å²) < 4.78 is 4.62. The number of carbonyl (C=O) groups excluding carboxylic acids is 1. The van der Waals surface area contributed by atoms with Crippen molar-refractivity contribution in [1.82, 2.24) is 5.32 Å². The third-order valence-electron chi connectivity index (χ3n) is 3.29. The molecule has 2 rings (SSSR count). The topological polar surface area (TPSA) is 84.7 Å². The monoisotopic (exact) mass is 279 g/mol. The molecule has 0 atom stereocenters. The Bertz CT molecular complexity index is 510. The van der Waals surface area contributed by atoms with E-state index >= 15 is 0 Å². The maximum absolute atomic E-state index is 11.7. The van der Waals surface area contributed by atoms with Gasteiger partial charge >= 0.3 is 5.97 Å². The van der Waals surface area contributed by atoms with Gasteiger partial charge in [0, 0.05) is 31.4 Å². The van der Waals surface area contributed by atoms with Gasteiger partial charge in [0.25, 0.3) is 5.69 Å². The van der Waals surface area contributed by atoms with Crippen molar-refractivity contribution in [2.45, 2.75) is 6.42 Å². The number of nitrogens with one attached hydrogen (secondary N) is 1. The van der Waals surface area contributed by atoms with E-state index in [-0.39, 0.29) is 11.3 Å². The zero-order valence-electron chi connectivity index (χ0n) is 11.3. The number of benzene rings is 1. The molecule has 1 heterocycles. The molecule has 1 aliphatic heterocycles. The van der Waals surface area contributed by atoms with E-state index in [4.69, 9.17) is 0 Å². The molecule has 0 spiro atoms. The Morgan fingerprint density at radius 2 is 2.20 bits per heavy atom. The third kappa shape index (κ3) is 3.05. The fourth-order valence-electron chi connectivity index (χ4n) is 2.26. The van der Waals surface area contributed by atoms with Gasteiger partial charge in [-0.1, -0.05) is 0 Å². The van der Waals surface area contributed by atoms with Crippen LogP contribution in [0.3, 0.4) is 0 Å². The number of nitrogens with zero attached hydrogens (tertiary/aromatic N) is 2. The normalized spacial score (nSPS) is 15.6. The average Bonchev–Trinajstić information content (AvgIpc) is 2.74. The molecule has 1 aliphatic rings. The number of nitro benzene ring substituents is 1. The van der Waals surface area contributed by atoms with Crippen LogP contribution in [0.25, 0.3) is 0 Å². The van der Waals surface area contributed by atoms with Crippen LogP contribution < -0.4 is 10.2 Å². The number of carbonyl (C=O) groups is 1. The molecule has 7 nitrogen and oxygen atoms in total. The summed E-state index contributed by atoms with van der Waals surface area (Å²) in [6.45, 7) is 3.46. The van der Waals surface area contributed by atoms with E-state index in [2.05, 4.69) is 15.0 Å². The van der Waals surface area contributed by atoms with Crippen LogP contribution in [0.15, 0.2) is 18.2 Å². The summed E-state index contributed by atoms with van der Waals surface area (Å²) in [7, 11) is 1.22. The number of anilines is 1. The molecule has 1 aromatic carbocycles. The van der Waals surface area contributed by atoms with Crippen molar-refractivity contribution in [3.05, 3.63) is 33.9 Å². The Balaban J connectivity index is 2.35. The van der Waals surface area contributed by atoms with Gasteiger partial charge in [0.15, 0.2) is 0 Å². The van der Waals surface area contributed by atoms with Crippen molar-refractivity contribution in [3.8, 4) is 0 Å². The highest BCUT2D eigenvalue weighted by molar-refractivity contribution is 5.95. The lowest BCUT2D eigenvalue weighted by atomic mass is 10.1. The van der Waals surface area contributed by atoms with E-state index in [0.717, 1.165) is 38.3 Å². The molecule has 1 fully saturated rings. The molecule has 0 amide bonds. The smallest absolute Gasteiger partial charge is 0.344 e. The van der Waals surface area contributed by atoms with Crippen LogP contribution in [0.5, 0.6) is 0 Å². The molecule has 0 aliphatic carbocycles. The first-order valence-electron chi connectivity index (χ1n) is 6.46. The number of hydrogen-bond acceptors (Lipinski definition) is 6. The molecule has 0 saturated carbocycles. The van der Waals surface area contributed by atoms with Crippen molar-refractivity contribution in [2.75, 3.05) is 38.2 Å². The summed E-state index contributed by atoms with van der Waals surface area (Å²) >= 11 is 0. The van der Waals surface area contributed by atoms with Crippen LogP contribution in [0.1, 0.15) is 16.8 Å². The first-order chi connectivity index (χ1) is 9.63. The minimum Gasteiger partial charge on any atom is -0.465 e. The average molecular weight is 279 g/mol. The fourth-order valence-corrected chi connectivity index (χ4v) is 2.26. The van der Waals surface area contributed by atoms with E-state index in [1.54, 1.807) is 6.07 Å². The summed E-state index contributed by atoms with van der Waals surface area (Å²) in [5.41, 5.74) is 0.570. The van der Waals surface area contributed by atoms with Crippen LogP contribution >= 0.6 is 0 Å². The quantitative estimate of drug-likeness (QED) is 0.508. The third-order valence-corrected chi connectivity index (χ3v) is 3.29. The summed E-state index contributed by atoms with van der Waals surface area (Å²) in [5.74, 6) is -0.688. The van der Waals surface area contributed by atoms with Crippen LogP contribution in [-0.4, -0.2) is 44.2 Å². The fraction of sp³-hybridized carbons (Fsp3) is 0.462. The van der Waals surface area contributed by atoms with Crippen molar-refractivity contribution in [1.29, 1.82) is 0 Å². The molecular formula is C13H17N3O4. The Labute approximate surface area is 116 Å². The molecule has 1 aromatic rings. The number of hydrogen-bond donors (Lipinski definition) is 1. The number of methoxy groups -OCH3 is 1. The first kappa shape index (κ1) is 14.3. The van der Waals surface area contributed by atoms with Gasteiger partial charge in [-0.15, -0.1) is 0 Å². The van der Waals surface area contributed by atoms with Gasteiger partial charge in [-0.2, -0.15) is 0 Å². The lowest BCUT2D eigenvalue weighted by Crippen LogP contribution is -2.28. The van der Waals surface area contributed by atoms with Gasteiger partial charge in [-0.3, -0.25) is 10.1 Å². The molecular weight excluding hydrogens is 262 g/mol. The Morgan fingerprint density at radius 3 is 2.90 bits per heavy atom. The predicted molar refractivity (Wildman–Crippen MR) is 74.1 cm³/mol. The van der Waals surface area contributed by atoms with Crippen LogP contribution in [-0.2, 0) is 4.74 Å². The van der Waals surface area contributed by atoms with E-state index < -0.39 is 10.9 Å². The van der Waals surface area contributed by atoms with E-state index in [1.165, 1.54) is 19.2 Å². The molecule has 0 aromatic heterocycles. The number of ether oxygens (including phenoxy) is 1. The van der Waals surface area contributed by atoms with Gasteiger partial charge < -0.3 is 15.0 Å². The second kappa shape index (κ2) is 6.33. The zero-order valence-corrected chi connectivity index (χ0v) is 11.3. The van der Waals surface area contributed by atoms with Gasteiger partial charge in [-0.25, -0.2) is 4.79 Å². The maximum atomic E-state index is 11.7. The first-order valence-corrected chi connectivity index (χ1v) is 6.46. The van der Waals surface area contributed by atoms with Gasteiger partial charge in [0.2, 0.25) is 0 Å². The summed E-state index contributed by atoms with van der Waals surface area (Å²) in [6.07, 6.45) is 0.991. The van der Waals surface area contributed by atoms with Crippen LogP contribution in [0.4, 0.5) is 11.4 Å². The molecule has 1 N–H and O–H groups in total. The summed E-state index contributed by atoms with van der Waals surface area (Å²) in [5, 5.41) is 14.2. The largest absolute Gasteiger partial charge is 0.465 e. The SMILES string of the molecule is COC(=O)c1cc(N2CCCNCC2)ccc1[N+](=O)[O-]. The van der Waals surface area contributed by atoms with Crippen molar-refractivity contribution in [3.63, 3.8) is 0 Å². The second-order valence-electron chi connectivity index (χ2n) is 4.54. The number of rotatable bonds is 3. The zero-order chi connectivity index (χ0) is 14.5. The molecule has 0 radical (unpaired) electrons. The Morgan fingerprint density at radius 1 is 1.40 bits per heavy atom. The van der Waals surface area contributed by atoms with Crippen molar-refractivity contribution in [2.24, 2.45) is 0 Å². The Hall–Kier alpha value is -2.15. The highest BCUT2D eigenvalue weighted by Crippen LogP contribution is 2.26. The minimum absolute atomic E-state index is 0.00722. The van der Waals surface area contributed by atoms with Crippen molar-refractivity contribution >= 4 is 17.3 Å². The summed E-state index contributed by atoms with van der Waals surface area (Å²) in [4.78, 5) is 24.2. The number of nitro groups is 1. The highest BCUT2D eigenvalue weighted by atomic mass is 16.6. The molecule has 0 unspecified atom stereocenters. The van der Waals surface area contributed by atoms with Crippen LogP contribution in [0, 0.1) is 10.1 Å². The predicted octanol–water partition coefficient (Wildman–Crippen LogP) is 1.18. The second-order valence-corrected chi connectivity index (χ2v) is 4.54. The summed E-state index contributed by atoms with van der Waals surface area (Å²) in [6, 6.07) is 4.57. The maximum Gasteiger partial charge on any atom is 0.344 e. The number of esters is 1. The van der Waals surface area contributed by atoms with E-state index in [0.29, 0.717) is 0 Å². The van der Waals surface area contributed by atoms with Gasteiger partial charge in [-0.05, 0) is 25.1 Å². The van der Waals surface area contributed by atoms with Crippen LogP contribution in [0.2, 0.25) is 0 Å². The molecule has 20 heavy (non-hydrogen) atoms. The lowest BCUT2D eigenvalue weighted by molar-refractivity contribution is -0.385. The molecule has 0 bridgehead atoms. The molecule has 7 heteroatoms. The molecule has 1 saturated heterocycles. The minimum atomic E-state index is -0.688.